The van der Waals surface area contributed by atoms with Crippen LogP contribution in [0, 0.1) is 5.92 Å². The summed E-state index contributed by atoms with van der Waals surface area (Å²) in [5, 5.41) is 2.92. The van der Waals surface area contributed by atoms with Crippen LogP contribution >= 0.6 is 0 Å². The fourth-order valence-corrected chi connectivity index (χ4v) is 5.64. The molecule has 0 radical (unpaired) electrons. The van der Waals surface area contributed by atoms with Crippen LogP contribution < -0.4 is 10.1 Å². The van der Waals surface area contributed by atoms with Gasteiger partial charge in [0.1, 0.15) is 12.3 Å². The number of carbonyl (C=O) groups is 3. The van der Waals surface area contributed by atoms with Crippen molar-refractivity contribution >= 4 is 17.8 Å². The number of amides is 4. The fourth-order valence-electron chi connectivity index (χ4n) is 5.64. The van der Waals surface area contributed by atoms with Crippen molar-refractivity contribution in [1.29, 1.82) is 0 Å². The van der Waals surface area contributed by atoms with Gasteiger partial charge in [-0.25, -0.2) is 4.79 Å². The van der Waals surface area contributed by atoms with Crippen molar-refractivity contribution in [3.63, 3.8) is 0 Å². The summed E-state index contributed by atoms with van der Waals surface area (Å²) in [6.07, 6.45) is 4.51. The van der Waals surface area contributed by atoms with Gasteiger partial charge in [-0.3, -0.25) is 14.5 Å². The van der Waals surface area contributed by atoms with Crippen LogP contribution in [0.15, 0.2) is 48.5 Å². The highest BCUT2D eigenvalue weighted by molar-refractivity contribution is 6.10. The monoisotopic (exact) mass is 461 g/mol. The van der Waals surface area contributed by atoms with Crippen LogP contribution in [-0.4, -0.2) is 47.3 Å². The number of rotatable bonds is 7. The molecule has 2 aromatic rings. The number of benzene rings is 2. The first-order chi connectivity index (χ1) is 16.4. The van der Waals surface area contributed by atoms with Gasteiger partial charge < -0.3 is 15.0 Å². The van der Waals surface area contributed by atoms with E-state index in [4.69, 9.17) is 4.74 Å². The molecular formula is C27H31N3O4. The zero-order chi connectivity index (χ0) is 23.9. The number of ether oxygens (including phenoxy) is 1. The maximum atomic E-state index is 13.7. The Morgan fingerprint density at radius 1 is 1.18 bits per heavy atom. The standard InChI is InChI=1S/C27H31N3O4/c1-18(20-10-6-11-20)29(16-19-8-4-3-5-9-19)23(31)17-30-25(32)27(28-26(30)33)15-14-21-12-7-13-22(34-2)24(21)27/h3-5,7-9,12-13,18,20H,6,10-11,14-17H2,1-2H3,(H,28,33). The largest absolute Gasteiger partial charge is 0.496 e. The first-order valence-corrected chi connectivity index (χ1v) is 12.1. The second-order valence-corrected chi connectivity index (χ2v) is 9.66. The molecular weight excluding hydrogens is 430 g/mol. The van der Waals surface area contributed by atoms with Gasteiger partial charge in [-0.2, -0.15) is 0 Å². The molecule has 2 aliphatic carbocycles. The third-order valence-electron chi connectivity index (χ3n) is 7.84. The number of urea groups is 1. The van der Waals surface area contributed by atoms with E-state index in [1.165, 1.54) is 6.42 Å². The van der Waals surface area contributed by atoms with E-state index in [1.54, 1.807) is 13.2 Å². The van der Waals surface area contributed by atoms with E-state index in [1.807, 2.05) is 47.4 Å². The van der Waals surface area contributed by atoms with Crippen LogP contribution in [0.4, 0.5) is 4.79 Å². The maximum Gasteiger partial charge on any atom is 0.325 e. The van der Waals surface area contributed by atoms with Crippen LogP contribution in [0.5, 0.6) is 5.75 Å². The van der Waals surface area contributed by atoms with E-state index in [-0.39, 0.29) is 24.4 Å². The van der Waals surface area contributed by atoms with Crippen molar-refractivity contribution in [3.8, 4) is 5.75 Å². The summed E-state index contributed by atoms with van der Waals surface area (Å²) in [5.74, 6) is 0.460. The number of hydrogen-bond donors (Lipinski definition) is 1. The SMILES string of the molecule is COc1cccc2c1C1(CC2)NC(=O)N(CC(=O)N(Cc2ccccc2)C(C)C2CCC2)C1=O. The molecule has 1 saturated carbocycles. The lowest BCUT2D eigenvalue weighted by atomic mass is 9.79. The lowest BCUT2D eigenvalue weighted by Gasteiger charge is -2.39. The summed E-state index contributed by atoms with van der Waals surface area (Å²) >= 11 is 0. The van der Waals surface area contributed by atoms with Crippen molar-refractivity contribution in [1.82, 2.24) is 15.1 Å². The number of carbonyl (C=O) groups excluding carboxylic acids is 3. The maximum absolute atomic E-state index is 13.7. The minimum absolute atomic E-state index is 0.0449. The first kappa shape index (κ1) is 22.4. The predicted molar refractivity (Wildman–Crippen MR) is 127 cm³/mol. The van der Waals surface area contributed by atoms with Crippen LogP contribution in [0.2, 0.25) is 0 Å². The molecule has 0 aromatic heterocycles. The molecule has 2 unspecified atom stereocenters. The average molecular weight is 462 g/mol. The highest BCUT2D eigenvalue weighted by Crippen LogP contribution is 2.46. The van der Waals surface area contributed by atoms with E-state index in [0.29, 0.717) is 31.1 Å². The van der Waals surface area contributed by atoms with Gasteiger partial charge in [0.15, 0.2) is 5.54 Å². The van der Waals surface area contributed by atoms with Crippen LogP contribution in [0.25, 0.3) is 0 Å². The van der Waals surface area contributed by atoms with Crippen molar-refractivity contribution < 1.29 is 19.1 Å². The summed E-state index contributed by atoms with van der Waals surface area (Å²) < 4.78 is 5.53. The molecule has 1 N–H and O–H groups in total. The number of methoxy groups -OCH3 is 1. The van der Waals surface area contributed by atoms with Crippen LogP contribution in [0.1, 0.15) is 49.3 Å². The first-order valence-electron chi connectivity index (χ1n) is 12.1. The second kappa shape index (κ2) is 8.78. The Bertz CT molecular complexity index is 1110. The van der Waals surface area contributed by atoms with Crippen molar-refractivity contribution in [3.05, 3.63) is 65.2 Å². The topological polar surface area (TPSA) is 79.0 Å². The second-order valence-electron chi connectivity index (χ2n) is 9.66. The van der Waals surface area contributed by atoms with E-state index in [2.05, 4.69) is 12.2 Å². The van der Waals surface area contributed by atoms with E-state index >= 15 is 0 Å². The molecule has 4 amide bonds. The summed E-state index contributed by atoms with van der Waals surface area (Å²) in [7, 11) is 1.56. The molecule has 1 spiro atoms. The Labute approximate surface area is 200 Å². The molecule has 178 valence electrons. The number of imide groups is 1. The normalized spacial score (nSPS) is 22.4. The molecule has 1 saturated heterocycles. The van der Waals surface area contributed by atoms with Gasteiger partial charge in [-0.15, -0.1) is 0 Å². The minimum Gasteiger partial charge on any atom is -0.496 e. The summed E-state index contributed by atoms with van der Waals surface area (Å²) in [4.78, 5) is 43.2. The molecule has 7 heteroatoms. The minimum atomic E-state index is -1.16. The third-order valence-corrected chi connectivity index (χ3v) is 7.84. The van der Waals surface area contributed by atoms with Gasteiger partial charge in [0.05, 0.1) is 7.11 Å². The molecule has 2 atom stereocenters. The molecule has 0 bridgehead atoms. The molecule has 2 fully saturated rings. The van der Waals surface area contributed by atoms with Crippen LogP contribution in [-0.2, 0) is 28.1 Å². The van der Waals surface area contributed by atoms with Gasteiger partial charge in [0, 0.05) is 18.2 Å². The Morgan fingerprint density at radius 3 is 2.62 bits per heavy atom. The lowest BCUT2D eigenvalue weighted by Crippen LogP contribution is -2.49. The quantitative estimate of drug-likeness (QED) is 0.639. The van der Waals surface area contributed by atoms with Crippen molar-refractivity contribution in [2.75, 3.05) is 13.7 Å². The molecule has 2 aromatic carbocycles. The van der Waals surface area contributed by atoms with E-state index in [0.717, 1.165) is 34.4 Å². The molecule has 1 heterocycles. The highest BCUT2D eigenvalue weighted by atomic mass is 16.5. The number of nitrogens with zero attached hydrogens (tertiary/aromatic N) is 2. The Kier molecular flexibility index (Phi) is 5.80. The number of hydrogen-bond acceptors (Lipinski definition) is 4. The summed E-state index contributed by atoms with van der Waals surface area (Å²) in [6, 6.07) is 15.0. The van der Waals surface area contributed by atoms with Gasteiger partial charge in [-0.05, 0) is 55.7 Å². The Hall–Kier alpha value is -3.35. The van der Waals surface area contributed by atoms with Gasteiger partial charge in [0.2, 0.25) is 5.91 Å². The number of nitrogens with one attached hydrogen (secondary N) is 1. The Balaban J connectivity index is 1.39. The third kappa shape index (κ3) is 3.63. The van der Waals surface area contributed by atoms with Crippen molar-refractivity contribution in [2.24, 2.45) is 5.92 Å². The molecule has 34 heavy (non-hydrogen) atoms. The van der Waals surface area contributed by atoms with Gasteiger partial charge in [0.25, 0.3) is 5.91 Å². The summed E-state index contributed by atoms with van der Waals surface area (Å²) in [5.41, 5.74) is 1.58. The molecule has 1 aliphatic heterocycles. The average Bonchev–Trinajstić information content (AvgIpc) is 3.29. The van der Waals surface area contributed by atoms with Gasteiger partial charge in [-0.1, -0.05) is 48.9 Å². The van der Waals surface area contributed by atoms with Crippen LogP contribution in [0.3, 0.4) is 0 Å². The number of aryl methyl sites for hydroxylation is 1. The predicted octanol–water partition coefficient (Wildman–Crippen LogP) is 3.61. The van der Waals surface area contributed by atoms with Crippen molar-refractivity contribution in [2.45, 2.75) is 57.2 Å². The van der Waals surface area contributed by atoms with Gasteiger partial charge >= 0.3 is 6.03 Å². The highest BCUT2D eigenvalue weighted by Gasteiger charge is 2.57. The Morgan fingerprint density at radius 2 is 1.94 bits per heavy atom. The molecule has 5 rings (SSSR count). The molecule has 3 aliphatic rings. The van der Waals surface area contributed by atoms with E-state index < -0.39 is 11.6 Å². The zero-order valence-corrected chi connectivity index (χ0v) is 19.8. The number of fused-ring (bicyclic) bond motifs is 2. The fraction of sp³-hybridized carbons (Fsp3) is 0.444. The smallest absolute Gasteiger partial charge is 0.325 e. The van der Waals surface area contributed by atoms with E-state index in [9.17, 15) is 14.4 Å². The summed E-state index contributed by atoms with van der Waals surface area (Å²) in [6.45, 7) is 2.28. The molecule has 7 nitrogen and oxygen atoms in total. The zero-order valence-electron chi connectivity index (χ0n) is 19.8. The lowest BCUT2D eigenvalue weighted by molar-refractivity contribution is -0.142.